The van der Waals surface area contributed by atoms with Crippen molar-refractivity contribution in [2.75, 3.05) is 14.2 Å². The fourth-order valence-electron chi connectivity index (χ4n) is 2.76. The lowest BCUT2D eigenvalue weighted by atomic mass is 9.93. The number of carbonyl (C=O) groups excluding carboxylic acids is 2. The molecule has 25 heavy (non-hydrogen) atoms. The highest BCUT2D eigenvalue weighted by molar-refractivity contribution is 9.11. The number of halogens is 2. The zero-order valence-corrected chi connectivity index (χ0v) is 17.4. The van der Waals surface area contributed by atoms with E-state index < -0.39 is 12.0 Å². The van der Waals surface area contributed by atoms with E-state index in [-0.39, 0.29) is 6.03 Å². The number of urea groups is 1. The molecule has 0 bridgehead atoms. The lowest BCUT2D eigenvalue weighted by Gasteiger charge is -2.30. The van der Waals surface area contributed by atoms with E-state index in [1.165, 1.54) is 7.11 Å². The lowest BCUT2D eigenvalue weighted by Crippen LogP contribution is -2.46. The minimum atomic E-state index is -0.670. The van der Waals surface area contributed by atoms with E-state index in [2.05, 4.69) is 42.5 Å². The predicted octanol–water partition coefficient (Wildman–Crippen LogP) is 4.19. The molecule has 1 aromatic carbocycles. The molecule has 0 saturated heterocycles. The van der Waals surface area contributed by atoms with E-state index in [1.54, 1.807) is 7.11 Å². The highest BCUT2D eigenvalue weighted by Crippen LogP contribution is 2.40. The molecule has 1 atom stereocenters. The maximum absolute atomic E-state index is 12.5. The zero-order chi connectivity index (χ0) is 18.6. The molecule has 1 unspecified atom stereocenters. The molecule has 2 N–H and O–H groups in total. The van der Waals surface area contributed by atoms with Gasteiger partial charge in [0, 0.05) is 15.7 Å². The first-order valence-corrected chi connectivity index (χ1v) is 9.43. The van der Waals surface area contributed by atoms with E-state index in [9.17, 15) is 9.59 Å². The Morgan fingerprint density at radius 2 is 2.00 bits per heavy atom. The topological polar surface area (TPSA) is 76.7 Å². The maximum Gasteiger partial charge on any atom is 0.337 e. The zero-order valence-electron chi connectivity index (χ0n) is 14.2. The Morgan fingerprint density at radius 1 is 1.28 bits per heavy atom. The minimum Gasteiger partial charge on any atom is -0.495 e. The van der Waals surface area contributed by atoms with E-state index in [4.69, 9.17) is 9.47 Å². The van der Waals surface area contributed by atoms with E-state index >= 15 is 0 Å². The Hall–Kier alpha value is -1.54. The molecule has 0 spiro atoms. The van der Waals surface area contributed by atoms with Crippen LogP contribution in [0.3, 0.4) is 0 Å². The Bertz CT molecular complexity index is 719. The molecule has 1 heterocycles. The number of carbonyl (C=O) groups is 2. The van der Waals surface area contributed by atoms with Crippen LogP contribution in [0.1, 0.15) is 37.8 Å². The normalized spacial score (nSPS) is 17.0. The summed E-state index contributed by atoms with van der Waals surface area (Å²) >= 11 is 6.90. The quantitative estimate of drug-likeness (QED) is 0.604. The van der Waals surface area contributed by atoms with Crippen LogP contribution in [0.15, 0.2) is 32.3 Å². The van der Waals surface area contributed by atoms with Gasteiger partial charge in [-0.25, -0.2) is 9.59 Å². The highest BCUT2D eigenvalue weighted by atomic mass is 79.9. The van der Waals surface area contributed by atoms with Gasteiger partial charge in [0.15, 0.2) is 0 Å². The third-order valence-corrected chi connectivity index (χ3v) is 4.94. The van der Waals surface area contributed by atoms with Gasteiger partial charge < -0.3 is 20.1 Å². The summed E-state index contributed by atoms with van der Waals surface area (Å²) in [6.45, 7) is 2.05. The van der Waals surface area contributed by atoms with Crippen molar-refractivity contribution >= 4 is 43.9 Å². The van der Waals surface area contributed by atoms with Gasteiger partial charge >= 0.3 is 12.0 Å². The van der Waals surface area contributed by atoms with E-state index in [0.29, 0.717) is 33.5 Å². The Labute approximate surface area is 163 Å². The van der Waals surface area contributed by atoms with Gasteiger partial charge in [-0.15, -0.1) is 0 Å². The van der Waals surface area contributed by atoms with Gasteiger partial charge in [-0.1, -0.05) is 29.3 Å². The van der Waals surface area contributed by atoms with Crippen LogP contribution in [0.4, 0.5) is 4.79 Å². The van der Waals surface area contributed by atoms with E-state index in [1.807, 2.05) is 19.1 Å². The SMILES string of the molecule is CCCCC1=C(C(=O)OC)C(c2cc(Br)cc(Br)c2OC)NC(=O)N1. The highest BCUT2D eigenvalue weighted by Gasteiger charge is 2.35. The number of methoxy groups -OCH3 is 2. The molecule has 0 fully saturated rings. The average Bonchev–Trinajstić information content (AvgIpc) is 2.58. The van der Waals surface area contributed by atoms with E-state index in [0.717, 1.165) is 17.3 Å². The first-order valence-electron chi connectivity index (χ1n) is 7.84. The van der Waals surface area contributed by atoms with Gasteiger partial charge in [0.25, 0.3) is 0 Å². The van der Waals surface area contributed by atoms with Gasteiger partial charge in [0.1, 0.15) is 5.75 Å². The molecule has 136 valence electrons. The number of esters is 1. The second-order valence-corrected chi connectivity index (χ2v) is 7.30. The van der Waals surface area contributed by atoms with Crippen molar-refractivity contribution in [2.45, 2.75) is 32.2 Å². The average molecular weight is 476 g/mol. The number of benzene rings is 1. The molecule has 0 radical (unpaired) electrons. The molecule has 8 heteroatoms. The molecule has 6 nitrogen and oxygen atoms in total. The van der Waals surface area contributed by atoms with Crippen molar-refractivity contribution in [2.24, 2.45) is 0 Å². The number of unbranched alkanes of at least 4 members (excludes halogenated alkanes) is 1. The number of hydrogen-bond acceptors (Lipinski definition) is 4. The third-order valence-electron chi connectivity index (χ3n) is 3.89. The number of hydrogen-bond donors (Lipinski definition) is 2. The molecule has 1 aliphatic heterocycles. The summed E-state index contributed by atoms with van der Waals surface area (Å²) in [4.78, 5) is 24.6. The third kappa shape index (κ3) is 4.36. The first-order chi connectivity index (χ1) is 11.9. The van der Waals surface area contributed by atoms with Gasteiger partial charge in [-0.05, 0) is 40.9 Å². The summed E-state index contributed by atoms with van der Waals surface area (Å²) in [5, 5.41) is 5.55. The summed E-state index contributed by atoms with van der Waals surface area (Å²) in [6, 6.07) is 2.63. The number of rotatable bonds is 6. The fraction of sp³-hybridized carbons (Fsp3) is 0.412. The second kappa shape index (κ2) is 8.71. The number of amides is 2. The number of allylic oxidation sites excluding steroid dienone is 1. The van der Waals surface area contributed by atoms with Crippen LogP contribution in [0, 0.1) is 0 Å². The summed E-state index contributed by atoms with van der Waals surface area (Å²) in [7, 11) is 2.87. The summed E-state index contributed by atoms with van der Waals surface area (Å²) in [6.07, 6.45) is 2.38. The Kier molecular flexibility index (Phi) is 6.89. The van der Waals surface area contributed by atoms with Gasteiger partial charge in [0.2, 0.25) is 0 Å². The molecular weight excluding hydrogens is 456 g/mol. The van der Waals surface area contributed by atoms with Crippen LogP contribution in [0.25, 0.3) is 0 Å². The molecule has 0 aromatic heterocycles. The molecule has 1 aromatic rings. The molecular formula is C17H20Br2N2O4. The summed E-state index contributed by atoms with van der Waals surface area (Å²) in [5.41, 5.74) is 1.63. The predicted molar refractivity (Wildman–Crippen MR) is 101 cm³/mol. The van der Waals surface area contributed by atoms with Crippen LogP contribution in [0.5, 0.6) is 5.75 Å². The summed E-state index contributed by atoms with van der Waals surface area (Å²) < 4.78 is 12.0. The number of ether oxygens (including phenoxy) is 2. The second-order valence-electron chi connectivity index (χ2n) is 5.53. The monoisotopic (exact) mass is 474 g/mol. The Morgan fingerprint density at radius 3 is 2.60 bits per heavy atom. The molecule has 0 aliphatic carbocycles. The van der Waals surface area contributed by atoms with Gasteiger partial charge in [-0.3, -0.25) is 0 Å². The Balaban J connectivity index is 2.64. The largest absolute Gasteiger partial charge is 0.495 e. The van der Waals surface area contributed by atoms with Crippen LogP contribution in [-0.2, 0) is 9.53 Å². The first kappa shape index (κ1) is 19.8. The van der Waals surface area contributed by atoms with Gasteiger partial charge in [-0.2, -0.15) is 0 Å². The van der Waals surface area contributed by atoms with Crippen molar-refractivity contribution in [1.82, 2.24) is 10.6 Å². The smallest absolute Gasteiger partial charge is 0.337 e. The fourth-order valence-corrected chi connectivity index (χ4v) is 4.18. The van der Waals surface area contributed by atoms with Crippen molar-refractivity contribution in [3.05, 3.63) is 37.9 Å². The maximum atomic E-state index is 12.5. The van der Waals surface area contributed by atoms with Crippen molar-refractivity contribution < 1.29 is 19.1 Å². The number of nitrogens with one attached hydrogen (secondary N) is 2. The van der Waals surface area contributed by atoms with Crippen molar-refractivity contribution in [3.63, 3.8) is 0 Å². The standard InChI is InChI=1S/C17H20Br2N2O4/c1-4-5-6-12-13(16(22)25-3)14(21-17(23)20-12)10-7-9(18)8-11(19)15(10)24-2/h7-8,14H,4-6H2,1-3H3,(H2,20,21,23). The van der Waals surface area contributed by atoms with Crippen LogP contribution in [0.2, 0.25) is 0 Å². The van der Waals surface area contributed by atoms with Crippen LogP contribution in [-0.4, -0.2) is 26.2 Å². The molecule has 2 amide bonds. The van der Waals surface area contributed by atoms with Crippen LogP contribution >= 0.6 is 31.9 Å². The molecule has 0 saturated carbocycles. The summed E-state index contributed by atoms with van der Waals surface area (Å²) in [5.74, 6) is 0.0633. The molecule has 2 rings (SSSR count). The van der Waals surface area contributed by atoms with Crippen molar-refractivity contribution in [1.29, 1.82) is 0 Å². The van der Waals surface area contributed by atoms with Crippen LogP contribution < -0.4 is 15.4 Å². The minimum absolute atomic E-state index is 0.359. The van der Waals surface area contributed by atoms with Gasteiger partial charge in [0.05, 0.1) is 30.3 Å². The lowest BCUT2D eigenvalue weighted by molar-refractivity contribution is -0.136. The molecule has 1 aliphatic rings. The van der Waals surface area contributed by atoms with Crippen molar-refractivity contribution in [3.8, 4) is 5.75 Å².